The molecule has 0 fully saturated rings. The van der Waals surface area contributed by atoms with Crippen molar-refractivity contribution in [2.45, 2.75) is 6.04 Å². The van der Waals surface area contributed by atoms with E-state index < -0.39 is 6.04 Å². The Morgan fingerprint density at radius 2 is 1.90 bits per heavy atom. The number of nitrogens with zero attached hydrogens (tertiary/aromatic N) is 6. The van der Waals surface area contributed by atoms with Crippen LogP contribution in [-0.4, -0.2) is 20.9 Å². The van der Waals surface area contributed by atoms with E-state index in [4.69, 9.17) is 16.7 Å². The molecular formula is C19H14N10. The molecule has 3 heterocycles. The molecule has 140 valence electrons. The van der Waals surface area contributed by atoms with Crippen LogP contribution in [0.15, 0.2) is 47.8 Å². The lowest BCUT2D eigenvalue weighted by molar-refractivity contribution is 0.847. The van der Waals surface area contributed by atoms with Crippen LogP contribution in [0.25, 0.3) is 11.3 Å². The molecule has 0 saturated carbocycles. The normalized spacial score (nSPS) is 14.6. The number of fused-ring (bicyclic) bond motifs is 1. The predicted octanol–water partition coefficient (Wildman–Crippen LogP) is 1.52. The van der Waals surface area contributed by atoms with Crippen LogP contribution in [0.1, 0.15) is 22.7 Å². The number of aliphatic imine (C=N–C) groups is 1. The Bertz CT molecular complexity index is 1190. The Labute approximate surface area is 165 Å². The fraction of sp³-hybridized carbons (Fsp3) is 0.0526. The van der Waals surface area contributed by atoms with Crippen molar-refractivity contribution < 1.29 is 0 Å². The number of nitrogens with two attached hydrogens (primary N) is 2. The summed E-state index contributed by atoms with van der Waals surface area (Å²) in [6.45, 7) is 0. The van der Waals surface area contributed by atoms with Gasteiger partial charge in [-0.15, -0.1) is 0 Å². The van der Waals surface area contributed by atoms with Crippen molar-refractivity contribution >= 4 is 23.3 Å². The van der Waals surface area contributed by atoms with Gasteiger partial charge in [-0.25, -0.2) is 19.9 Å². The van der Waals surface area contributed by atoms with Gasteiger partial charge in [-0.05, 0) is 11.6 Å². The molecule has 0 saturated heterocycles. The third-order valence-corrected chi connectivity index (χ3v) is 4.46. The second kappa shape index (κ2) is 7.13. The largest absolute Gasteiger partial charge is 0.397 e. The maximum Gasteiger partial charge on any atom is 0.211 e. The van der Waals surface area contributed by atoms with Gasteiger partial charge in [-0.1, -0.05) is 24.3 Å². The number of nitrogens with one attached hydrogen (secondary N) is 2. The van der Waals surface area contributed by atoms with Gasteiger partial charge in [0.15, 0.2) is 6.19 Å². The van der Waals surface area contributed by atoms with Gasteiger partial charge in [-0.3, -0.25) is 5.32 Å². The van der Waals surface area contributed by atoms with Crippen molar-refractivity contribution in [2.24, 2.45) is 4.99 Å². The summed E-state index contributed by atoms with van der Waals surface area (Å²) < 4.78 is 0. The van der Waals surface area contributed by atoms with Crippen LogP contribution in [0, 0.1) is 22.8 Å². The number of hydrogen-bond donors (Lipinski definition) is 4. The summed E-state index contributed by atoms with van der Waals surface area (Å²) >= 11 is 0. The van der Waals surface area contributed by atoms with E-state index in [2.05, 4.69) is 30.6 Å². The van der Waals surface area contributed by atoms with Gasteiger partial charge in [0.05, 0.1) is 11.4 Å². The lowest BCUT2D eigenvalue weighted by Crippen LogP contribution is -2.32. The van der Waals surface area contributed by atoms with E-state index in [1.54, 1.807) is 6.20 Å². The molecule has 0 spiro atoms. The van der Waals surface area contributed by atoms with Gasteiger partial charge in [0, 0.05) is 17.3 Å². The molecule has 0 bridgehead atoms. The SMILES string of the molecule is N#CNC1=NC(c2ccc(-c3ccncn3)cc2)c2c(nc(N)c(C#N)c2N)N1. The second-order valence-corrected chi connectivity index (χ2v) is 6.12. The summed E-state index contributed by atoms with van der Waals surface area (Å²) in [5, 5.41) is 23.7. The highest BCUT2D eigenvalue weighted by Crippen LogP contribution is 2.40. The smallest absolute Gasteiger partial charge is 0.211 e. The minimum absolute atomic E-state index is 0.00678. The van der Waals surface area contributed by atoms with Crippen LogP contribution in [0.5, 0.6) is 0 Å². The van der Waals surface area contributed by atoms with Crippen LogP contribution in [0.3, 0.4) is 0 Å². The summed E-state index contributed by atoms with van der Waals surface area (Å²) in [7, 11) is 0. The Kier molecular flexibility index (Phi) is 4.35. The molecular weight excluding hydrogens is 368 g/mol. The van der Waals surface area contributed by atoms with Crippen molar-refractivity contribution in [2.75, 3.05) is 16.8 Å². The highest BCUT2D eigenvalue weighted by molar-refractivity contribution is 5.98. The van der Waals surface area contributed by atoms with Crippen LogP contribution in [0.4, 0.5) is 17.3 Å². The summed E-state index contributed by atoms with van der Waals surface area (Å²) in [5.74, 6) is 0.560. The second-order valence-electron chi connectivity index (χ2n) is 6.12. The molecule has 0 amide bonds. The first-order valence-electron chi connectivity index (χ1n) is 8.47. The minimum atomic E-state index is -0.582. The molecule has 10 heteroatoms. The first kappa shape index (κ1) is 17.7. The van der Waals surface area contributed by atoms with E-state index in [0.29, 0.717) is 11.4 Å². The standard InChI is InChI=1S/C19H14N10/c20-7-12-15(22)14-16(27-19(25-8-21)29-18(14)28-17(12)23)11-3-1-10(2-4-11)13-5-6-24-9-26-13/h1-6,9,16H,(H6,22,23,25,27,28,29). The summed E-state index contributed by atoms with van der Waals surface area (Å²) in [4.78, 5) is 16.9. The summed E-state index contributed by atoms with van der Waals surface area (Å²) in [5.41, 5.74) is 15.4. The number of hydrogen-bond acceptors (Lipinski definition) is 10. The number of nitriles is 2. The fourth-order valence-corrected chi connectivity index (χ4v) is 3.12. The van der Waals surface area contributed by atoms with Crippen LogP contribution in [0.2, 0.25) is 0 Å². The third kappa shape index (κ3) is 3.11. The molecule has 2 aromatic heterocycles. The van der Waals surface area contributed by atoms with Crippen molar-refractivity contribution in [3.8, 4) is 23.5 Å². The molecule has 0 aliphatic carbocycles. The molecule has 0 radical (unpaired) electrons. The van der Waals surface area contributed by atoms with Gasteiger partial charge in [0.25, 0.3) is 0 Å². The average Bonchev–Trinajstić information content (AvgIpc) is 2.74. The first-order valence-corrected chi connectivity index (χ1v) is 8.47. The van der Waals surface area contributed by atoms with Crippen LogP contribution in [-0.2, 0) is 0 Å². The molecule has 6 N–H and O–H groups in total. The predicted molar refractivity (Wildman–Crippen MR) is 107 cm³/mol. The lowest BCUT2D eigenvalue weighted by atomic mass is 9.94. The topological polar surface area (TPSA) is 175 Å². The quantitative estimate of drug-likeness (QED) is 0.378. The number of pyridine rings is 1. The van der Waals surface area contributed by atoms with Gasteiger partial charge in [0.2, 0.25) is 5.96 Å². The van der Waals surface area contributed by atoms with Gasteiger partial charge in [0.1, 0.15) is 35.6 Å². The minimum Gasteiger partial charge on any atom is -0.397 e. The maximum absolute atomic E-state index is 9.38. The molecule has 4 rings (SSSR count). The number of aromatic nitrogens is 3. The monoisotopic (exact) mass is 382 g/mol. The maximum atomic E-state index is 9.38. The molecule has 1 atom stereocenters. The highest BCUT2D eigenvalue weighted by atomic mass is 15.2. The van der Waals surface area contributed by atoms with Crippen molar-refractivity contribution in [3.05, 3.63) is 59.5 Å². The molecule has 10 nitrogen and oxygen atoms in total. The number of anilines is 3. The van der Waals surface area contributed by atoms with E-state index in [9.17, 15) is 5.26 Å². The number of guanidine groups is 1. The molecule has 1 aromatic carbocycles. The van der Waals surface area contributed by atoms with Crippen LogP contribution < -0.4 is 22.1 Å². The van der Waals surface area contributed by atoms with E-state index in [1.165, 1.54) is 6.33 Å². The lowest BCUT2D eigenvalue weighted by Gasteiger charge is -2.26. The van der Waals surface area contributed by atoms with E-state index in [1.807, 2.05) is 42.6 Å². The third-order valence-electron chi connectivity index (χ3n) is 4.46. The van der Waals surface area contributed by atoms with E-state index in [-0.39, 0.29) is 23.0 Å². The van der Waals surface area contributed by atoms with E-state index >= 15 is 0 Å². The Morgan fingerprint density at radius 3 is 2.55 bits per heavy atom. The van der Waals surface area contributed by atoms with Gasteiger partial charge < -0.3 is 16.8 Å². The molecule has 3 aromatic rings. The Hall–Kier alpha value is -4.70. The van der Waals surface area contributed by atoms with Gasteiger partial charge >= 0.3 is 0 Å². The molecule has 1 aliphatic rings. The number of nitrogen functional groups attached to an aromatic ring is 2. The number of benzene rings is 1. The Balaban J connectivity index is 1.83. The number of rotatable bonds is 2. The van der Waals surface area contributed by atoms with Crippen molar-refractivity contribution in [1.29, 1.82) is 10.5 Å². The zero-order valence-electron chi connectivity index (χ0n) is 15.0. The molecule has 1 unspecified atom stereocenters. The molecule has 29 heavy (non-hydrogen) atoms. The highest BCUT2D eigenvalue weighted by Gasteiger charge is 2.29. The van der Waals surface area contributed by atoms with Crippen molar-refractivity contribution in [1.82, 2.24) is 20.3 Å². The van der Waals surface area contributed by atoms with Crippen LogP contribution >= 0.6 is 0 Å². The average molecular weight is 382 g/mol. The summed E-state index contributed by atoms with van der Waals surface area (Å²) in [6.07, 6.45) is 4.98. The Morgan fingerprint density at radius 1 is 1.10 bits per heavy atom. The fourth-order valence-electron chi connectivity index (χ4n) is 3.12. The molecule has 1 aliphatic heterocycles. The van der Waals surface area contributed by atoms with Crippen molar-refractivity contribution in [3.63, 3.8) is 0 Å². The zero-order valence-corrected chi connectivity index (χ0v) is 15.0. The van der Waals surface area contributed by atoms with Gasteiger partial charge in [-0.2, -0.15) is 10.5 Å². The summed E-state index contributed by atoms with van der Waals surface area (Å²) in [6, 6.07) is 10.8. The van der Waals surface area contributed by atoms with E-state index in [0.717, 1.165) is 16.8 Å². The first-order chi connectivity index (χ1) is 14.1. The zero-order chi connectivity index (χ0) is 20.4.